The number of aromatic nitrogens is 3. The lowest BCUT2D eigenvalue weighted by Gasteiger charge is -2.18. The fourth-order valence-electron chi connectivity index (χ4n) is 2.44. The van der Waals surface area contributed by atoms with Gasteiger partial charge in [-0.3, -0.25) is 4.90 Å². The van der Waals surface area contributed by atoms with Crippen molar-refractivity contribution in [2.75, 3.05) is 6.54 Å². The van der Waals surface area contributed by atoms with E-state index >= 15 is 0 Å². The van der Waals surface area contributed by atoms with E-state index in [1.807, 2.05) is 30.3 Å². The highest BCUT2D eigenvalue weighted by molar-refractivity contribution is 5.66. The van der Waals surface area contributed by atoms with Gasteiger partial charge in [-0.25, -0.2) is 9.48 Å². The van der Waals surface area contributed by atoms with E-state index in [0.29, 0.717) is 12.2 Å². The minimum atomic E-state index is -0.892. The van der Waals surface area contributed by atoms with E-state index in [1.54, 1.807) is 10.9 Å². The van der Waals surface area contributed by atoms with Gasteiger partial charge in [0.1, 0.15) is 5.69 Å². The summed E-state index contributed by atoms with van der Waals surface area (Å²) in [6.45, 7) is 0.568. The molecule has 19 heavy (non-hydrogen) atoms. The van der Waals surface area contributed by atoms with Crippen LogP contribution in [0.1, 0.15) is 24.6 Å². The topological polar surface area (TPSA) is 71.2 Å². The van der Waals surface area contributed by atoms with Crippen LogP contribution in [0.5, 0.6) is 0 Å². The zero-order chi connectivity index (χ0) is 13.2. The summed E-state index contributed by atoms with van der Waals surface area (Å²) in [7, 11) is 0. The van der Waals surface area contributed by atoms with Crippen LogP contribution in [0, 0.1) is 0 Å². The third-order valence-corrected chi connectivity index (χ3v) is 3.37. The van der Waals surface area contributed by atoms with Crippen LogP contribution in [0.25, 0.3) is 5.69 Å². The molecule has 0 aliphatic carbocycles. The Morgan fingerprint density at radius 2 is 2.11 bits per heavy atom. The van der Waals surface area contributed by atoms with E-state index in [0.717, 1.165) is 18.5 Å². The molecule has 3 rings (SSSR count). The molecule has 98 valence electrons. The van der Waals surface area contributed by atoms with Gasteiger partial charge >= 0.3 is 6.09 Å². The maximum Gasteiger partial charge on any atom is 0.407 e. The van der Waals surface area contributed by atoms with Gasteiger partial charge in [0.25, 0.3) is 0 Å². The van der Waals surface area contributed by atoms with E-state index in [-0.39, 0.29) is 6.04 Å². The van der Waals surface area contributed by atoms with Crippen molar-refractivity contribution < 1.29 is 9.90 Å². The highest BCUT2D eigenvalue weighted by Gasteiger charge is 2.31. The fraction of sp³-hybridized carbons (Fsp3) is 0.308. The van der Waals surface area contributed by atoms with Gasteiger partial charge < -0.3 is 5.11 Å². The van der Waals surface area contributed by atoms with Gasteiger partial charge in [-0.2, -0.15) is 0 Å². The zero-order valence-electron chi connectivity index (χ0n) is 10.3. The molecule has 2 aromatic rings. The van der Waals surface area contributed by atoms with Crippen LogP contribution in [0.3, 0.4) is 0 Å². The Morgan fingerprint density at radius 3 is 2.84 bits per heavy atom. The van der Waals surface area contributed by atoms with Crippen molar-refractivity contribution >= 4 is 6.09 Å². The molecule has 0 spiro atoms. The summed E-state index contributed by atoms with van der Waals surface area (Å²) < 4.78 is 1.67. The van der Waals surface area contributed by atoms with Crippen molar-refractivity contribution in [3.8, 4) is 5.69 Å². The van der Waals surface area contributed by atoms with Crippen LogP contribution in [-0.2, 0) is 0 Å². The number of benzene rings is 1. The van der Waals surface area contributed by atoms with Gasteiger partial charge in [-0.15, -0.1) is 5.10 Å². The Bertz CT molecular complexity index is 581. The summed E-state index contributed by atoms with van der Waals surface area (Å²) >= 11 is 0. The molecule has 1 atom stereocenters. The SMILES string of the molecule is O=C(O)N1CCC[C@H]1c1cn(-c2ccccc2)nn1. The first-order valence-electron chi connectivity index (χ1n) is 6.23. The first kappa shape index (κ1) is 11.7. The molecule has 0 radical (unpaired) electrons. The summed E-state index contributed by atoms with van der Waals surface area (Å²) in [5.74, 6) is 0. The van der Waals surface area contributed by atoms with Crippen LogP contribution < -0.4 is 0 Å². The first-order valence-corrected chi connectivity index (χ1v) is 6.23. The Hall–Kier alpha value is -2.37. The third-order valence-electron chi connectivity index (χ3n) is 3.37. The van der Waals surface area contributed by atoms with Gasteiger partial charge in [0.05, 0.1) is 17.9 Å². The first-order chi connectivity index (χ1) is 9.25. The van der Waals surface area contributed by atoms with Crippen LogP contribution in [0.2, 0.25) is 0 Å². The molecule has 1 N–H and O–H groups in total. The lowest BCUT2D eigenvalue weighted by atomic mass is 10.2. The van der Waals surface area contributed by atoms with Crippen molar-refractivity contribution in [3.63, 3.8) is 0 Å². The summed E-state index contributed by atoms with van der Waals surface area (Å²) in [6, 6.07) is 9.48. The van der Waals surface area contributed by atoms with Gasteiger partial charge in [0, 0.05) is 6.54 Å². The highest BCUT2D eigenvalue weighted by atomic mass is 16.4. The van der Waals surface area contributed by atoms with Crippen molar-refractivity contribution in [1.82, 2.24) is 19.9 Å². The summed E-state index contributed by atoms with van der Waals surface area (Å²) in [4.78, 5) is 12.6. The largest absolute Gasteiger partial charge is 0.465 e. The molecule has 1 saturated heterocycles. The normalized spacial score (nSPS) is 18.7. The van der Waals surface area contributed by atoms with Crippen molar-refractivity contribution in [2.45, 2.75) is 18.9 Å². The van der Waals surface area contributed by atoms with Gasteiger partial charge in [-0.1, -0.05) is 23.4 Å². The average Bonchev–Trinajstić information content (AvgIpc) is 3.08. The molecule has 6 heteroatoms. The molecule has 1 aliphatic rings. The Morgan fingerprint density at radius 1 is 1.32 bits per heavy atom. The molecule has 0 saturated carbocycles. The minimum absolute atomic E-state index is 0.171. The predicted molar refractivity (Wildman–Crippen MR) is 68.1 cm³/mol. The summed E-state index contributed by atoms with van der Waals surface area (Å²) in [6.07, 6.45) is 2.59. The molecule has 0 bridgehead atoms. The van der Waals surface area contributed by atoms with E-state index in [1.165, 1.54) is 4.90 Å². The number of hydrogen-bond acceptors (Lipinski definition) is 3. The van der Waals surface area contributed by atoms with Crippen LogP contribution in [0.15, 0.2) is 36.5 Å². The number of carbonyl (C=O) groups is 1. The van der Waals surface area contributed by atoms with Crippen LogP contribution >= 0.6 is 0 Å². The number of likely N-dealkylation sites (tertiary alicyclic amines) is 1. The Balaban J connectivity index is 1.87. The lowest BCUT2D eigenvalue weighted by Crippen LogP contribution is -2.28. The molecular weight excluding hydrogens is 244 g/mol. The maximum absolute atomic E-state index is 11.1. The molecule has 1 aliphatic heterocycles. The van der Waals surface area contributed by atoms with Gasteiger partial charge in [0.15, 0.2) is 0 Å². The average molecular weight is 258 g/mol. The molecule has 2 heterocycles. The van der Waals surface area contributed by atoms with Crippen molar-refractivity contribution in [1.29, 1.82) is 0 Å². The van der Waals surface area contributed by atoms with E-state index < -0.39 is 6.09 Å². The third kappa shape index (κ3) is 2.16. The number of para-hydroxylation sites is 1. The quantitative estimate of drug-likeness (QED) is 0.895. The number of nitrogens with zero attached hydrogens (tertiary/aromatic N) is 4. The monoisotopic (exact) mass is 258 g/mol. The molecule has 0 unspecified atom stereocenters. The Labute approximate surface area is 110 Å². The van der Waals surface area contributed by atoms with E-state index in [4.69, 9.17) is 5.11 Å². The minimum Gasteiger partial charge on any atom is -0.465 e. The van der Waals surface area contributed by atoms with Gasteiger partial charge in [-0.05, 0) is 25.0 Å². The molecule has 1 aromatic carbocycles. The second-order valence-corrected chi connectivity index (χ2v) is 4.56. The number of amides is 1. The molecular formula is C13H14N4O2. The van der Waals surface area contributed by atoms with E-state index in [9.17, 15) is 4.79 Å². The predicted octanol–water partition coefficient (Wildman–Crippen LogP) is 2.08. The van der Waals surface area contributed by atoms with Gasteiger partial charge in [0.2, 0.25) is 0 Å². The molecule has 1 fully saturated rings. The van der Waals surface area contributed by atoms with E-state index in [2.05, 4.69) is 10.3 Å². The standard InChI is InChI=1S/C13H14N4O2/c18-13(19)16-8-4-7-12(16)11-9-17(15-14-11)10-5-2-1-3-6-10/h1-3,5-6,9,12H,4,7-8H2,(H,18,19)/t12-/m0/s1. The second-order valence-electron chi connectivity index (χ2n) is 4.56. The van der Waals surface area contributed by atoms with Crippen LogP contribution in [0.4, 0.5) is 4.79 Å². The molecule has 1 amide bonds. The number of rotatable bonds is 2. The summed E-state index contributed by atoms with van der Waals surface area (Å²) in [5.41, 5.74) is 1.63. The maximum atomic E-state index is 11.1. The second kappa shape index (κ2) is 4.72. The summed E-state index contributed by atoms with van der Waals surface area (Å²) in [5, 5.41) is 17.3. The smallest absolute Gasteiger partial charge is 0.407 e. The Kier molecular flexibility index (Phi) is 2.91. The molecule has 1 aromatic heterocycles. The number of carboxylic acid groups (broad SMARTS) is 1. The highest BCUT2D eigenvalue weighted by Crippen LogP contribution is 2.30. The van der Waals surface area contributed by atoms with Crippen molar-refractivity contribution in [2.24, 2.45) is 0 Å². The fourth-order valence-corrected chi connectivity index (χ4v) is 2.44. The lowest BCUT2D eigenvalue weighted by molar-refractivity contribution is 0.139. The zero-order valence-corrected chi connectivity index (χ0v) is 10.3. The van der Waals surface area contributed by atoms with Crippen molar-refractivity contribution in [3.05, 3.63) is 42.2 Å². The van der Waals surface area contributed by atoms with Crippen LogP contribution in [-0.4, -0.2) is 37.6 Å². The molecule has 6 nitrogen and oxygen atoms in total. The number of hydrogen-bond donors (Lipinski definition) is 1.